The van der Waals surface area contributed by atoms with Gasteiger partial charge in [-0.15, -0.1) is 11.6 Å². The van der Waals surface area contributed by atoms with Crippen molar-refractivity contribution >= 4 is 17.6 Å². The third kappa shape index (κ3) is 3.17. The third-order valence-corrected chi connectivity index (χ3v) is 2.71. The lowest BCUT2D eigenvalue weighted by Crippen LogP contribution is -2.08. The molecule has 0 aliphatic carbocycles. The number of carbonyl (C=O) groups is 1. The SMILES string of the molecule is COC(=O)Cc1cc(CCl)c(C(F)F)cc1C#N. The minimum absolute atomic E-state index is 0.0320. The average Bonchev–Trinajstić information content (AvgIpc) is 2.37. The van der Waals surface area contributed by atoms with E-state index >= 15 is 0 Å². The molecule has 1 rings (SSSR count). The number of methoxy groups -OCH3 is 1. The highest BCUT2D eigenvalue weighted by Gasteiger charge is 2.17. The maximum absolute atomic E-state index is 12.7. The molecule has 0 saturated heterocycles. The van der Waals surface area contributed by atoms with Crippen LogP contribution in [0.3, 0.4) is 0 Å². The molecule has 1 aromatic carbocycles. The van der Waals surface area contributed by atoms with Crippen LogP contribution in [0.2, 0.25) is 0 Å². The van der Waals surface area contributed by atoms with Gasteiger partial charge >= 0.3 is 5.97 Å². The van der Waals surface area contributed by atoms with E-state index in [4.69, 9.17) is 16.9 Å². The van der Waals surface area contributed by atoms with Gasteiger partial charge < -0.3 is 4.74 Å². The van der Waals surface area contributed by atoms with Gasteiger partial charge in [-0.2, -0.15) is 5.26 Å². The molecule has 1 aromatic rings. The number of hydrogen-bond acceptors (Lipinski definition) is 3. The van der Waals surface area contributed by atoms with Crippen molar-refractivity contribution in [2.45, 2.75) is 18.7 Å². The third-order valence-electron chi connectivity index (χ3n) is 2.43. The van der Waals surface area contributed by atoms with Crippen LogP contribution < -0.4 is 0 Å². The summed E-state index contributed by atoms with van der Waals surface area (Å²) in [5.74, 6) is -0.656. The summed E-state index contributed by atoms with van der Waals surface area (Å²) in [6, 6.07) is 4.21. The Hall–Kier alpha value is -1.67. The molecule has 18 heavy (non-hydrogen) atoms. The maximum atomic E-state index is 12.7. The Morgan fingerprint density at radius 2 is 2.17 bits per heavy atom. The van der Waals surface area contributed by atoms with Gasteiger partial charge in [0, 0.05) is 11.4 Å². The molecule has 0 saturated carbocycles. The van der Waals surface area contributed by atoms with E-state index in [0.29, 0.717) is 5.56 Å². The number of rotatable bonds is 4. The number of benzene rings is 1. The van der Waals surface area contributed by atoms with Crippen LogP contribution in [0.5, 0.6) is 0 Å². The zero-order chi connectivity index (χ0) is 13.7. The van der Waals surface area contributed by atoms with Crippen LogP contribution in [0.1, 0.15) is 28.7 Å². The lowest BCUT2D eigenvalue weighted by atomic mass is 9.98. The monoisotopic (exact) mass is 273 g/mol. The summed E-state index contributed by atoms with van der Waals surface area (Å²) in [5, 5.41) is 8.89. The van der Waals surface area contributed by atoms with Gasteiger partial charge in [0.1, 0.15) is 0 Å². The smallest absolute Gasteiger partial charge is 0.310 e. The predicted molar refractivity (Wildman–Crippen MR) is 61.4 cm³/mol. The van der Waals surface area contributed by atoms with Crippen LogP contribution in [-0.4, -0.2) is 13.1 Å². The van der Waals surface area contributed by atoms with Gasteiger partial charge in [-0.25, -0.2) is 8.78 Å². The molecular formula is C12H10ClF2NO2. The Balaban J connectivity index is 3.27. The molecule has 96 valence electrons. The van der Waals surface area contributed by atoms with Crippen molar-refractivity contribution in [3.63, 3.8) is 0 Å². The largest absolute Gasteiger partial charge is 0.469 e. The molecule has 0 aliphatic rings. The highest BCUT2D eigenvalue weighted by atomic mass is 35.5. The first-order chi connectivity index (χ1) is 8.53. The number of carbonyl (C=O) groups excluding carboxylic acids is 1. The van der Waals surface area contributed by atoms with Crippen molar-refractivity contribution in [1.29, 1.82) is 5.26 Å². The van der Waals surface area contributed by atoms with Crippen LogP contribution in [0.4, 0.5) is 8.78 Å². The lowest BCUT2D eigenvalue weighted by Gasteiger charge is -2.10. The van der Waals surface area contributed by atoms with Crippen molar-refractivity contribution in [1.82, 2.24) is 0 Å². The molecular weight excluding hydrogens is 264 g/mol. The first-order valence-corrected chi connectivity index (χ1v) is 5.53. The van der Waals surface area contributed by atoms with E-state index in [9.17, 15) is 13.6 Å². The van der Waals surface area contributed by atoms with E-state index in [2.05, 4.69) is 4.74 Å². The number of nitriles is 1. The standard InChI is InChI=1S/C12H10ClF2NO2/c1-18-11(17)4-7-2-8(5-13)10(12(14)15)3-9(7)6-16/h2-3,12H,4-5H2,1H3. The molecule has 0 aromatic heterocycles. The minimum Gasteiger partial charge on any atom is -0.469 e. The van der Waals surface area contributed by atoms with Crippen LogP contribution in [-0.2, 0) is 21.8 Å². The fraction of sp³-hybridized carbons (Fsp3) is 0.333. The van der Waals surface area contributed by atoms with E-state index in [1.807, 2.05) is 0 Å². The molecule has 0 aliphatic heterocycles. The second-order valence-electron chi connectivity index (χ2n) is 3.51. The summed E-state index contributed by atoms with van der Waals surface area (Å²) in [6.07, 6.45) is -2.86. The summed E-state index contributed by atoms with van der Waals surface area (Å²) in [4.78, 5) is 11.2. The quantitative estimate of drug-likeness (QED) is 0.626. The second kappa shape index (κ2) is 6.31. The first-order valence-electron chi connectivity index (χ1n) is 5.00. The van der Waals surface area contributed by atoms with E-state index in [-0.39, 0.29) is 29.0 Å². The molecule has 0 atom stereocenters. The zero-order valence-corrected chi connectivity index (χ0v) is 10.3. The molecule has 0 spiro atoms. The molecule has 0 unspecified atom stereocenters. The van der Waals surface area contributed by atoms with Crippen LogP contribution in [0.15, 0.2) is 12.1 Å². The fourth-order valence-electron chi connectivity index (χ4n) is 1.51. The van der Waals surface area contributed by atoms with Gasteiger partial charge in [0.05, 0.1) is 25.2 Å². The van der Waals surface area contributed by atoms with Gasteiger partial charge in [-0.05, 0) is 17.2 Å². The summed E-state index contributed by atoms with van der Waals surface area (Å²) >= 11 is 5.58. The topological polar surface area (TPSA) is 50.1 Å². The highest BCUT2D eigenvalue weighted by Crippen LogP contribution is 2.27. The predicted octanol–water partition coefficient (Wildman–Crippen LogP) is 2.95. The van der Waals surface area contributed by atoms with Gasteiger partial charge in [-0.1, -0.05) is 6.07 Å². The van der Waals surface area contributed by atoms with Gasteiger partial charge in [0.2, 0.25) is 0 Å². The number of alkyl halides is 3. The molecule has 6 heteroatoms. The number of hydrogen-bond donors (Lipinski definition) is 0. The first kappa shape index (κ1) is 14.4. The van der Waals surface area contributed by atoms with E-state index in [0.717, 1.165) is 6.07 Å². The van der Waals surface area contributed by atoms with Gasteiger partial charge in [-0.3, -0.25) is 4.79 Å². The number of halogens is 3. The average molecular weight is 274 g/mol. The number of esters is 1. The van der Waals surface area contributed by atoms with Crippen molar-refractivity contribution in [2.24, 2.45) is 0 Å². The molecule has 0 fully saturated rings. The summed E-state index contributed by atoms with van der Waals surface area (Å²) in [5.41, 5.74) is 0.300. The van der Waals surface area contributed by atoms with Crippen LogP contribution in [0.25, 0.3) is 0 Å². The summed E-state index contributed by atoms with van der Waals surface area (Å²) < 4.78 is 29.9. The summed E-state index contributed by atoms with van der Waals surface area (Å²) in [6.45, 7) is 0. The number of ether oxygens (including phenoxy) is 1. The Morgan fingerprint density at radius 1 is 1.50 bits per heavy atom. The molecule has 3 nitrogen and oxygen atoms in total. The van der Waals surface area contributed by atoms with E-state index in [1.165, 1.54) is 13.2 Å². The second-order valence-corrected chi connectivity index (χ2v) is 3.77. The minimum atomic E-state index is -2.71. The highest BCUT2D eigenvalue weighted by molar-refractivity contribution is 6.17. The van der Waals surface area contributed by atoms with E-state index in [1.54, 1.807) is 6.07 Å². The molecule has 0 bridgehead atoms. The lowest BCUT2D eigenvalue weighted by molar-refractivity contribution is -0.139. The molecule has 0 amide bonds. The Labute approximate surface area is 108 Å². The van der Waals surface area contributed by atoms with Crippen molar-refractivity contribution in [3.05, 3.63) is 34.4 Å². The normalized spacial score (nSPS) is 10.2. The van der Waals surface area contributed by atoms with Crippen molar-refractivity contribution < 1.29 is 18.3 Å². The zero-order valence-electron chi connectivity index (χ0n) is 9.54. The Bertz CT molecular complexity index is 498. The van der Waals surface area contributed by atoms with Gasteiger partial charge in [0.25, 0.3) is 6.43 Å². The van der Waals surface area contributed by atoms with Crippen molar-refractivity contribution in [3.8, 4) is 6.07 Å². The fourth-order valence-corrected chi connectivity index (χ4v) is 1.74. The molecule has 0 radical (unpaired) electrons. The summed E-state index contributed by atoms with van der Waals surface area (Å²) in [7, 11) is 1.21. The van der Waals surface area contributed by atoms with Crippen LogP contribution in [0, 0.1) is 11.3 Å². The van der Waals surface area contributed by atoms with Crippen molar-refractivity contribution in [2.75, 3.05) is 7.11 Å². The molecule has 0 heterocycles. The van der Waals surface area contributed by atoms with Gasteiger partial charge in [0.15, 0.2) is 0 Å². The van der Waals surface area contributed by atoms with Crippen LogP contribution >= 0.6 is 11.6 Å². The molecule has 0 N–H and O–H groups in total. The Morgan fingerprint density at radius 3 is 2.61 bits per heavy atom. The Kier molecular flexibility index (Phi) is 5.05. The van der Waals surface area contributed by atoms with E-state index < -0.39 is 12.4 Å². The maximum Gasteiger partial charge on any atom is 0.310 e. The number of nitrogens with zero attached hydrogens (tertiary/aromatic N) is 1.